The second kappa shape index (κ2) is 8.43. The summed E-state index contributed by atoms with van der Waals surface area (Å²) in [5, 5.41) is 12.9. The first kappa shape index (κ1) is 17.9. The summed E-state index contributed by atoms with van der Waals surface area (Å²) >= 11 is 0. The summed E-state index contributed by atoms with van der Waals surface area (Å²) in [7, 11) is 0. The third kappa shape index (κ3) is 5.03. The van der Waals surface area contributed by atoms with Gasteiger partial charge in [0.05, 0.1) is 12.1 Å². The predicted molar refractivity (Wildman–Crippen MR) is 91.7 cm³/mol. The first-order valence-corrected chi connectivity index (χ1v) is 8.50. The van der Waals surface area contributed by atoms with E-state index in [0.717, 1.165) is 13.0 Å². The lowest BCUT2D eigenvalue weighted by Gasteiger charge is -2.25. The number of benzene rings is 1. The Balaban J connectivity index is 1.88. The van der Waals surface area contributed by atoms with Crippen LogP contribution in [0.4, 0.5) is 0 Å². The average molecular weight is 319 g/mol. The molecule has 0 unspecified atom stereocenters. The van der Waals surface area contributed by atoms with Crippen molar-refractivity contribution in [2.75, 3.05) is 13.1 Å². The van der Waals surface area contributed by atoms with Gasteiger partial charge >= 0.3 is 0 Å². The summed E-state index contributed by atoms with van der Waals surface area (Å²) in [6, 6.07) is 9.88. The Morgan fingerprint density at radius 2 is 2.13 bits per heavy atom. The van der Waals surface area contributed by atoms with E-state index in [-0.39, 0.29) is 24.0 Å². The maximum absolute atomic E-state index is 12.1. The number of amides is 1. The van der Waals surface area contributed by atoms with Crippen molar-refractivity contribution < 1.29 is 9.90 Å². The minimum atomic E-state index is -0.464. The standard InChI is InChI=1S/C18H29N3O2/c1-3-13(2)17(19)18(23)20-10-15-9-16(22)12-21(15)11-14-7-5-4-6-8-14/h4-8,13,15-17,22H,3,9-12,19H2,1-2H3,(H,20,23)/t13-,15-,16-,17-/m0/s1. The van der Waals surface area contributed by atoms with Crippen molar-refractivity contribution in [3.63, 3.8) is 0 Å². The molecule has 1 heterocycles. The summed E-state index contributed by atoms with van der Waals surface area (Å²) in [6.07, 6.45) is 1.24. The van der Waals surface area contributed by atoms with Gasteiger partial charge in [0.15, 0.2) is 0 Å². The van der Waals surface area contributed by atoms with E-state index < -0.39 is 6.04 Å². The fourth-order valence-electron chi connectivity index (χ4n) is 3.03. The molecule has 5 heteroatoms. The molecule has 1 aromatic carbocycles. The molecule has 5 nitrogen and oxygen atoms in total. The van der Waals surface area contributed by atoms with Crippen LogP contribution < -0.4 is 11.1 Å². The molecule has 4 N–H and O–H groups in total. The molecule has 0 aromatic heterocycles. The van der Waals surface area contributed by atoms with Gasteiger partial charge in [-0.25, -0.2) is 0 Å². The third-order valence-electron chi connectivity index (χ3n) is 4.81. The number of rotatable bonds is 7. The van der Waals surface area contributed by atoms with Crippen molar-refractivity contribution in [2.24, 2.45) is 11.7 Å². The number of likely N-dealkylation sites (tertiary alicyclic amines) is 1. The Bertz CT molecular complexity index is 494. The Morgan fingerprint density at radius 1 is 1.43 bits per heavy atom. The van der Waals surface area contributed by atoms with E-state index in [0.29, 0.717) is 19.5 Å². The zero-order valence-electron chi connectivity index (χ0n) is 14.1. The van der Waals surface area contributed by atoms with Crippen molar-refractivity contribution in [3.8, 4) is 0 Å². The summed E-state index contributed by atoms with van der Waals surface area (Å²) in [4.78, 5) is 14.4. The molecule has 4 atom stereocenters. The maximum Gasteiger partial charge on any atom is 0.237 e. The lowest BCUT2D eigenvalue weighted by molar-refractivity contribution is -0.123. The molecule has 128 valence electrons. The Kier molecular flexibility index (Phi) is 6.57. The van der Waals surface area contributed by atoms with Crippen LogP contribution in [0.2, 0.25) is 0 Å². The Labute approximate surface area is 138 Å². The van der Waals surface area contributed by atoms with Crippen LogP contribution in [0.3, 0.4) is 0 Å². The normalized spacial score (nSPS) is 24.3. The molecule has 1 fully saturated rings. The van der Waals surface area contributed by atoms with Gasteiger partial charge in [-0.3, -0.25) is 9.69 Å². The van der Waals surface area contributed by atoms with Crippen molar-refractivity contribution in [1.29, 1.82) is 0 Å². The number of nitrogens with zero attached hydrogens (tertiary/aromatic N) is 1. The molecule has 2 rings (SSSR count). The van der Waals surface area contributed by atoms with Gasteiger partial charge in [-0.15, -0.1) is 0 Å². The largest absolute Gasteiger partial charge is 0.392 e. The van der Waals surface area contributed by atoms with E-state index in [9.17, 15) is 9.90 Å². The molecule has 0 aliphatic carbocycles. The fourth-order valence-corrected chi connectivity index (χ4v) is 3.03. The van der Waals surface area contributed by atoms with Gasteiger partial charge < -0.3 is 16.2 Å². The second-order valence-electron chi connectivity index (χ2n) is 6.61. The number of β-amino-alcohol motifs (C(OH)–C–C–N with tert-alkyl or cyclic N) is 1. The van der Waals surface area contributed by atoms with Crippen LogP contribution >= 0.6 is 0 Å². The molecule has 23 heavy (non-hydrogen) atoms. The first-order valence-electron chi connectivity index (χ1n) is 8.50. The van der Waals surface area contributed by atoms with Crippen LogP contribution in [0.15, 0.2) is 30.3 Å². The number of nitrogens with two attached hydrogens (primary N) is 1. The smallest absolute Gasteiger partial charge is 0.237 e. The van der Waals surface area contributed by atoms with Crippen molar-refractivity contribution in [2.45, 2.75) is 51.4 Å². The SMILES string of the molecule is CC[C@H](C)[C@H](N)C(=O)NC[C@@H]1C[C@H](O)CN1Cc1ccccc1. The first-order chi connectivity index (χ1) is 11.0. The van der Waals surface area contributed by atoms with Crippen molar-refractivity contribution in [1.82, 2.24) is 10.2 Å². The highest BCUT2D eigenvalue weighted by molar-refractivity contribution is 5.81. The third-order valence-corrected chi connectivity index (χ3v) is 4.81. The van der Waals surface area contributed by atoms with E-state index in [2.05, 4.69) is 22.3 Å². The van der Waals surface area contributed by atoms with Gasteiger partial charge in [-0.1, -0.05) is 50.6 Å². The molecule has 1 aromatic rings. The van der Waals surface area contributed by atoms with E-state index in [1.165, 1.54) is 5.56 Å². The number of nitrogens with one attached hydrogen (secondary N) is 1. The van der Waals surface area contributed by atoms with Crippen LogP contribution in [-0.2, 0) is 11.3 Å². The fraction of sp³-hybridized carbons (Fsp3) is 0.611. The van der Waals surface area contributed by atoms with Crippen LogP contribution in [0.5, 0.6) is 0 Å². The van der Waals surface area contributed by atoms with E-state index >= 15 is 0 Å². The quantitative estimate of drug-likeness (QED) is 0.703. The van der Waals surface area contributed by atoms with Crippen LogP contribution in [0.25, 0.3) is 0 Å². The molecule has 1 aliphatic rings. The zero-order valence-corrected chi connectivity index (χ0v) is 14.1. The Morgan fingerprint density at radius 3 is 2.78 bits per heavy atom. The molecule has 0 spiro atoms. The number of carbonyl (C=O) groups excluding carboxylic acids is 1. The lowest BCUT2D eigenvalue weighted by atomic mass is 9.99. The van der Waals surface area contributed by atoms with Gasteiger partial charge in [0.1, 0.15) is 0 Å². The molecule has 0 radical (unpaired) electrons. The molecule has 1 amide bonds. The summed E-state index contributed by atoms with van der Waals surface area (Å²) < 4.78 is 0. The molecule has 0 bridgehead atoms. The molecular formula is C18H29N3O2. The van der Waals surface area contributed by atoms with E-state index in [1.807, 2.05) is 32.0 Å². The molecule has 1 saturated heterocycles. The number of hydrogen-bond acceptors (Lipinski definition) is 4. The van der Waals surface area contributed by atoms with Gasteiger partial charge in [0, 0.05) is 25.7 Å². The Hall–Kier alpha value is -1.43. The summed E-state index contributed by atoms with van der Waals surface area (Å²) in [5.41, 5.74) is 7.18. The number of aliphatic hydroxyl groups is 1. The van der Waals surface area contributed by atoms with Gasteiger partial charge in [0.2, 0.25) is 5.91 Å². The number of hydrogen-bond donors (Lipinski definition) is 3. The maximum atomic E-state index is 12.1. The van der Waals surface area contributed by atoms with Crippen molar-refractivity contribution >= 4 is 5.91 Å². The minimum Gasteiger partial charge on any atom is -0.392 e. The summed E-state index contributed by atoms with van der Waals surface area (Å²) in [5.74, 6) is 0.0741. The highest BCUT2D eigenvalue weighted by Crippen LogP contribution is 2.20. The van der Waals surface area contributed by atoms with Gasteiger partial charge in [0.25, 0.3) is 0 Å². The molecular weight excluding hydrogens is 290 g/mol. The average Bonchev–Trinajstić information content (AvgIpc) is 2.91. The molecule has 0 saturated carbocycles. The molecule has 1 aliphatic heterocycles. The monoisotopic (exact) mass is 319 g/mol. The zero-order chi connectivity index (χ0) is 16.8. The number of carbonyl (C=O) groups is 1. The van der Waals surface area contributed by atoms with Crippen LogP contribution in [-0.4, -0.2) is 47.2 Å². The lowest BCUT2D eigenvalue weighted by Crippen LogP contribution is -2.48. The van der Waals surface area contributed by atoms with Gasteiger partial charge in [-0.2, -0.15) is 0 Å². The second-order valence-corrected chi connectivity index (χ2v) is 6.61. The minimum absolute atomic E-state index is 0.0969. The predicted octanol–water partition coefficient (Wildman–Crippen LogP) is 1.11. The van der Waals surface area contributed by atoms with Crippen LogP contribution in [0.1, 0.15) is 32.3 Å². The topological polar surface area (TPSA) is 78.6 Å². The van der Waals surface area contributed by atoms with Crippen molar-refractivity contribution in [3.05, 3.63) is 35.9 Å². The van der Waals surface area contributed by atoms with E-state index in [4.69, 9.17) is 5.73 Å². The van der Waals surface area contributed by atoms with E-state index in [1.54, 1.807) is 0 Å². The van der Waals surface area contributed by atoms with Crippen LogP contribution in [0, 0.1) is 5.92 Å². The number of aliphatic hydroxyl groups excluding tert-OH is 1. The summed E-state index contributed by atoms with van der Waals surface area (Å²) in [6.45, 7) is 5.99. The highest BCUT2D eigenvalue weighted by atomic mass is 16.3. The highest BCUT2D eigenvalue weighted by Gasteiger charge is 2.31. The van der Waals surface area contributed by atoms with Gasteiger partial charge in [-0.05, 0) is 17.9 Å².